The van der Waals surface area contributed by atoms with Gasteiger partial charge in [0.25, 0.3) is 5.91 Å². The average Bonchev–Trinajstić information content (AvgIpc) is 3.08. The summed E-state index contributed by atoms with van der Waals surface area (Å²) in [5.41, 5.74) is -0.317. The fourth-order valence-electron chi connectivity index (χ4n) is 4.28. The number of hydrogen-bond acceptors (Lipinski definition) is 3. The topological polar surface area (TPSA) is 67.2 Å². The molecule has 1 aromatic heterocycles. The number of piperidine rings is 1. The molecule has 0 radical (unpaired) electrons. The van der Waals surface area contributed by atoms with Crippen molar-refractivity contribution in [2.75, 3.05) is 13.1 Å². The summed E-state index contributed by atoms with van der Waals surface area (Å²) in [5.74, 6) is 0.186. The van der Waals surface area contributed by atoms with E-state index in [2.05, 4.69) is 24.3 Å². The van der Waals surface area contributed by atoms with E-state index in [1.165, 1.54) is 12.3 Å². The van der Waals surface area contributed by atoms with Crippen molar-refractivity contribution in [1.82, 2.24) is 20.0 Å². The number of aromatic nitrogens is 2. The second-order valence-corrected chi connectivity index (χ2v) is 8.21. The van der Waals surface area contributed by atoms with Crippen LogP contribution in [-0.2, 0) is 4.79 Å². The van der Waals surface area contributed by atoms with E-state index >= 15 is 0 Å². The first-order chi connectivity index (χ1) is 12.8. The Bertz CT molecular complexity index is 677. The van der Waals surface area contributed by atoms with Gasteiger partial charge in [0.05, 0.1) is 0 Å². The lowest BCUT2D eigenvalue weighted by atomic mass is 9.64. The van der Waals surface area contributed by atoms with Gasteiger partial charge < -0.3 is 10.2 Å². The predicted octanol–water partition coefficient (Wildman–Crippen LogP) is 3.22. The van der Waals surface area contributed by atoms with E-state index in [4.69, 9.17) is 0 Å². The Morgan fingerprint density at radius 1 is 1.30 bits per heavy atom. The summed E-state index contributed by atoms with van der Waals surface area (Å²) in [5, 5.41) is 6.69. The van der Waals surface area contributed by atoms with Crippen molar-refractivity contribution in [2.45, 2.75) is 65.0 Å². The minimum atomic E-state index is -2.84. The Morgan fingerprint density at radius 2 is 1.96 bits per heavy atom. The summed E-state index contributed by atoms with van der Waals surface area (Å²) in [6, 6.07) is 1.35. The van der Waals surface area contributed by atoms with Crippen LogP contribution in [0.4, 0.5) is 8.78 Å². The smallest absolute Gasteiger partial charge is 0.333 e. The predicted molar refractivity (Wildman–Crippen MR) is 96.3 cm³/mol. The van der Waals surface area contributed by atoms with Crippen LogP contribution in [0.25, 0.3) is 0 Å². The summed E-state index contributed by atoms with van der Waals surface area (Å²) in [6.45, 7) is 2.32. The molecule has 0 spiro atoms. The van der Waals surface area contributed by atoms with E-state index in [0.717, 1.165) is 25.7 Å². The van der Waals surface area contributed by atoms with Crippen LogP contribution in [0.2, 0.25) is 0 Å². The second kappa shape index (κ2) is 7.94. The van der Waals surface area contributed by atoms with Gasteiger partial charge in [0.15, 0.2) is 0 Å². The number of carbonyl (C=O) groups is 2. The molecule has 2 fully saturated rings. The molecule has 2 amide bonds. The zero-order valence-electron chi connectivity index (χ0n) is 16.0. The van der Waals surface area contributed by atoms with Gasteiger partial charge in [-0.05, 0) is 44.1 Å². The number of amides is 2. The molecule has 3 rings (SSSR count). The van der Waals surface area contributed by atoms with Crippen LogP contribution in [0.15, 0.2) is 12.3 Å². The first kappa shape index (κ1) is 19.8. The molecule has 6 nitrogen and oxygen atoms in total. The van der Waals surface area contributed by atoms with Gasteiger partial charge in [-0.2, -0.15) is 18.6 Å². The van der Waals surface area contributed by atoms with Crippen LogP contribution in [0, 0.1) is 11.3 Å². The van der Waals surface area contributed by atoms with Crippen LogP contribution in [0.5, 0.6) is 0 Å². The molecule has 8 heteroatoms. The molecule has 2 aliphatic rings. The van der Waals surface area contributed by atoms with Crippen LogP contribution in [-0.4, -0.2) is 45.6 Å². The SMILES string of the molecule is CC(C)CC1(C(=O)NC2CCN(C(=O)c3ccnn3C(F)F)CC2)CCC1. The number of hydrogen-bond donors (Lipinski definition) is 1. The van der Waals surface area contributed by atoms with Crippen molar-refractivity contribution < 1.29 is 18.4 Å². The average molecular weight is 382 g/mol. The van der Waals surface area contributed by atoms with Crippen molar-refractivity contribution in [3.05, 3.63) is 18.0 Å². The zero-order valence-corrected chi connectivity index (χ0v) is 16.0. The molecule has 0 unspecified atom stereocenters. The van der Waals surface area contributed by atoms with Gasteiger partial charge >= 0.3 is 6.55 Å². The van der Waals surface area contributed by atoms with Gasteiger partial charge in [-0.15, -0.1) is 0 Å². The Hall–Kier alpha value is -1.99. The van der Waals surface area contributed by atoms with Crippen molar-refractivity contribution in [3.8, 4) is 0 Å². The van der Waals surface area contributed by atoms with Gasteiger partial charge in [0.2, 0.25) is 5.91 Å². The maximum atomic E-state index is 12.9. The van der Waals surface area contributed by atoms with Crippen molar-refractivity contribution in [1.29, 1.82) is 0 Å². The lowest BCUT2D eigenvalue weighted by Gasteiger charge is -2.43. The van der Waals surface area contributed by atoms with Crippen molar-refractivity contribution in [2.24, 2.45) is 11.3 Å². The molecular formula is C19H28F2N4O2. The molecule has 1 aromatic rings. The third kappa shape index (κ3) is 4.14. The molecule has 0 atom stereocenters. The molecule has 1 N–H and O–H groups in total. The molecule has 1 saturated carbocycles. The molecule has 1 aliphatic heterocycles. The Kier molecular flexibility index (Phi) is 5.81. The summed E-state index contributed by atoms with van der Waals surface area (Å²) in [6.07, 6.45) is 6.39. The quantitative estimate of drug-likeness (QED) is 0.821. The normalized spacial score (nSPS) is 20.0. The highest BCUT2D eigenvalue weighted by Gasteiger charge is 2.44. The van der Waals surface area contributed by atoms with Gasteiger partial charge in [0.1, 0.15) is 5.69 Å². The van der Waals surface area contributed by atoms with Gasteiger partial charge in [-0.3, -0.25) is 9.59 Å². The minimum Gasteiger partial charge on any atom is -0.353 e. The Labute approximate surface area is 158 Å². The Morgan fingerprint density at radius 3 is 2.48 bits per heavy atom. The van der Waals surface area contributed by atoms with Crippen molar-refractivity contribution >= 4 is 11.8 Å². The van der Waals surface area contributed by atoms with E-state index < -0.39 is 12.5 Å². The van der Waals surface area contributed by atoms with Crippen LogP contribution < -0.4 is 5.32 Å². The highest BCUT2D eigenvalue weighted by Crippen LogP contribution is 2.46. The number of rotatable bonds is 6. The lowest BCUT2D eigenvalue weighted by Crippen LogP contribution is -2.53. The number of nitrogens with zero attached hydrogens (tertiary/aromatic N) is 3. The van der Waals surface area contributed by atoms with Crippen LogP contribution >= 0.6 is 0 Å². The third-order valence-corrected chi connectivity index (χ3v) is 5.78. The zero-order chi connectivity index (χ0) is 19.6. The molecule has 27 heavy (non-hydrogen) atoms. The number of carbonyl (C=O) groups excluding carboxylic acids is 2. The van der Waals surface area contributed by atoms with E-state index in [1.807, 2.05) is 0 Å². The molecule has 0 aromatic carbocycles. The van der Waals surface area contributed by atoms with Gasteiger partial charge in [0, 0.05) is 30.7 Å². The first-order valence-electron chi connectivity index (χ1n) is 9.74. The second-order valence-electron chi connectivity index (χ2n) is 8.21. The molecular weight excluding hydrogens is 354 g/mol. The fraction of sp³-hybridized carbons (Fsp3) is 0.737. The van der Waals surface area contributed by atoms with Crippen molar-refractivity contribution in [3.63, 3.8) is 0 Å². The highest BCUT2D eigenvalue weighted by molar-refractivity contribution is 5.92. The van der Waals surface area contributed by atoms with Gasteiger partial charge in [-0.25, -0.2) is 0 Å². The number of halogens is 2. The summed E-state index contributed by atoms with van der Waals surface area (Å²) < 4.78 is 26.3. The van der Waals surface area contributed by atoms with Crippen LogP contribution in [0.1, 0.15) is 69.4 Å². The number of nitrogens with one attached hydrogen (secondary N) is 1. The number of likely N-dealkylation sites (tertiary alicyclic amines) is 1. The summed E-state index contributed by atoms with van der Waals surface area (Å²) in [4.78, 5) is 26.8. The maximum absolute atomic E-state index is 12.9. The van der Waals surface area contributed by atoms with E-state index in [9.17, 15) is 18.4 Å². The summed E-state index contributed by atoms with van der Waals surface area (Å²) >= 11 is 0. The fourth-order valence-corrected chi connectivity index (χ4v) is 4.28. The summed E-state index contributed by atoms with van der Waals surface area (Å²) in [7, 11) is 0. The molecule has 150 valence electrons. The minimum absolute atomic E-state index is 0.0335. The third-order valence-electron chi connectivity index (χ3n) is 5.78. The molecule has 1 aliphatic carbocycles. The lowest BCUT2D eigenvalue weighted by molar-refractivity contribution is -0.138. The van der Waals surface area contributed by atoms with E-state index in [0.29, 0.717) is 36.5 Å². The monoisotopic (exact) mass is 382 g/mol. The highest BCUT2D eigenvalue weighted by atomic mass is 19.3. The molecule has 0 bridgehead atoms. The Balaban J connectivity index is 1.54. The standard InChI is InChI=1S/C19H28F2N4O2/c1-13(2)12-19(7-3-8-19)17(27)23-14-5-10-24(11-6-14)16(26)15-4-9-22-25(15)18(20)21/h4,9,13-14,18H,3,5-8,10-12H2,1-2H3,(H,23,27). The molecule has 1 saturated heterocycles. The first-order valence-corrected chi connectivity index (χ1v) is 9.74. The van der Waals surface area contributed by atoms with Crippen LogP contribution in [0.3, 0.4) is 0 Å². The van der Waals surface area contributed by atoms with Gasteiger partial charge in [-0.1, -0.05) is 20.3 Å². The van der Waals surface area contributed by atoms with E-state index in [-0.39, 0.29) is 23.1 Å². The maximum Gasteiger partial charge on any atom is 0.333 e. The van der Waals surface area contributed by atoms with E-state index in [1.54, 1.807) is 4.90 Å². The number of alkyl halides is 2. The largest absolute Gasteiger partial charge is 0.353 e. The molecule has 2 heterocycles.